The number of rotatable bonds is 4. The minimum Gasteiger partial charge on any atom is -0.485 e. The average Bonchev–Trinajstić information content (AvgIpc) is 2.89. The van der Waals surface area contributed by atoms with Gasteiger partial charge in [-0.05, 0) is 16.8 Å². The summed E-state index contributed by atoms with van der Waals surface area (Å²) < 4.78 is 10.4. The summed E-state index contributed by atoms with van der Waals surface area (Å²) in [6.07, 6.45) is 0. The van der Waals surface area contributed by atoms with Crippen molar-refractivity contribution < 1.29 is 19.2 Å². The first kappa shape index (κ1) is 13.1. The predicted octanol–water partition coefficient (Wildman–Crippen LogP) is 2.81. The number of hydrogen-bond donors (Lipinski definition) is 1. The molecular formula is C15H12N2O4. The minimum atomic E-state index is -1.04. The van der Waals surface area contributed by atoms with E-state index in [9.17, 15) is 9.90 Å². The standard InChI is InChI=1S/C15H12N2O4/c1-9-16-13(17-21-9)8-20-12-7-6-10-4-2-3-5-11(10)14(12)15(18)19/h2-7H,8H2,1H3,(H,18,19). The van der Waals surface area contributed by atoms with Gasteiger partial charge in [0, 0.05) is 6.92 Å². The van der Waals surface area contributed by atoms with Crippen molar-refractivity contribution in [2.45, 2.75) is 13.5 Å². The molecule has 6 heteroatoms. The van der Waals surface area contributed by atoms with Crippen LogP contribution in [0.15, 0.2) is 40.9 Å². The van der Waals surface area contributed by atoms with Crippen LogP contribution in [0.5, 0.6) is 5.75 Å². The van der Waals surface area contributed by atoms with E-state index >= 15 is 0 Å². The van der Waals surface area contributed by atoms with Gasteiger partial charge in [-0.3, -0.25) is 0 Å². The first-order chi connectivity index (χ1) is 10.1. The smallest absolute Gasteiger partial charge is 0.340 e. The van der Waals surface area contributed by atoms with E-state index in [0.717, 1.165) is 5.39 Å². The SMILES string of the molecule is Cc1nc(COc2ccc3ccccc3c2C(=O)O)no1. The maximum atomic E-state index is 11.5. The number of ether oxygens (including phenoxy) is 1. The molecule has 0 amide bonds. The number of carbonyl (C=O) groups is 1. The highest BCUT2D eigenvalue weighted by molar-refractivity contribution is 6.06. The normalized spacial score (nSPS) is 10.7. The molecule has 0 aliphatic carbocycles. The van der Waals surface area contributed by atoms with E-state index in [1.54, 1.807) is 25.1 Å². The number of aromatic nitrogens is 2. The van der Waals surface area contributed by atoms with Crippen molar-refractivity contribution >= 4 is 16.7 Å². The monoisotopic (exact) mass is 284 g/mol. The van der Waals surface area contributed by atoms with Gasteiger partial charge in [-0.1, -0.05) is 35.5 Å². The van der Waals surface area contributed by atoms with Crippen molar-refractivity contribution in [2.24, 2.45) is 0 Å². The Hall–Kier alpha value is -2.89. The Bertz CT molecular complexity index is 810. The Kier molecular flexibility index (Phi) is 3.27. The van der Waals surface area contributed by atoms with Gasteiger partial charge in [0.15, 0.2) is 6.61 Å². The van der Waals surface area contributed by atoms with Crippen LogP contribution in [0.2, 0.25) is 0 Å². The second-order valence-corrected chi connectivity index (χ2v) is 4.48. The molecule has 0 radical (unpaired) electrons. The molecule has 1 heterocycles. The molecule has 21 heavy (non-hydrogen) atoms. The molecule has 1 N–H and O–H groups in total. The van der Waals surface area contributed by atoms with E-state index in [-0.39, 0.29) is 17.9 Å². The summed E-state index contributed by atoms with van der Waals surface area (Å²) >= 11 is 0. The fraction of sp³-hybridized carbons (Fsp3) is 0.133. The second-order valence-electron chi connectivity index (χ2n) is 4.48. The zero-order valence-electron chi connectivity index (χ0n) is 11.2. The maximum Gasteiger partial charge on any atom is 0.340 e. The number of hydrogen-bond acceptors (Lipinski definition) is 5. The Balaban J connectivity index is 1.97. The third-order valence-corrected chi connectivity index (χ3v) is 3.03. The Morgan fingerprint density at radius 3 is 2.81 bits per heavy atom. The molecule has 106 valence electrons. The molecule has 2 aromatic carbocycles. The number of fused-ring (bicyclic) bond motifs is 1. The fourth-order valence-electron chi connectivity index (χ4n) is 2.13. The lowest BCUT2D eigenvalue weighted by molar-refractivity contribution is 0.0694. The van der Waals surface area contributed by atoms with Crippen LogP contribution in [0, 0.1) is 6.92 Å². The molecule has 0 unspecified atom stereocenters. The molecule has 6 nitrogen and oxygen atoms in total. The van der Waals surface area contributed by atoms with Crippen molar-refractivity contribution in [2.75, 3.05) is 0 Å². The molecule has 0 aliphatic rings. The van der Waals surface area contributed by atoms with E-state index in [1.807, 2.05) is 18.2 Å². The molecule has 0 aliphatic heterocycles. The summed E-state index contributed by atoms with van der Waals surface area (Å²) in [5.74, 6) is 0.0531. The van der Waals surface area contributed by atoms with Gasteiger partial charge in [0.25, 0.3) is 0 Å². The summed E-state index contributed by atoms with van der Waals surface area (Å²) in [6.45, 7) is 1.73. The van der Waals surface area contributed by atoms with Gasteiger partial charge in [0.05, 0.1) is 0 Å². The summed E-state index contributed by atoms with van der Waals surface area (Å²) in [6, 6.07) is 10.7. The van der Waals surface area contributed by atoms with Crippen LogP contribution >= 0.6 is 0 Å². The zero-order chi connectivity index (χ0) is 14.8. The van der Waals surface area contributed by atoms with E-state index < -0.39 is 5.97 Å². The molecule has 0 fully saturated rings. The van der Waals surface area contributed by atoms with Gasteiger partial charge < -0.3 is 14.4 Å². The van der Waals surface area contributed by atoms with E-state index in [0.29, 0.717) is 17.1 Å². The number of carboxylic acid groups (broad SMARTS) is 1. The highest BCUT2D eigenvalue weighted by Crippen LogP contribution is 2.28. The molecule has 1 aromatic heterocycles. The number of carboxylic acids is 1. The molecule has 0 atom stereocenters. The molecule has 0 saturated heterocycles. The average molecular weight is 284 g/mol. The number of aryl methyl sites for hydroxylation is 1. The zero-order valence-corrected chi connectivity index (χ0v) is 11.2. The molecule has 3 rings (SSSR count). The van der Waals surface area contributed by atoms with Gasteiger partial charge in [-0.25, -0.2) is 4.79 Å². The van der Waals surface area contributed by atoms with Crippen LogP contribution in [0.1, 0.15) is 22.1 Å². The van der Waals surface area contributed by atoms with E-state index in [2.05, 4.69) is 10.1 Å². The van der Waals surface area contributed by atoms with E-state index in [4.69, 9.17) is 9.26 Å². The van der Waals surface area contributed by atoms with Crippen molar-refractivity contribution in [3.8, 4) is 5.75 Å². The molecule has 0 bridgehead atoms. The summed E-state index contributed by atoms with van der Waals surface area (Å²) in [4.78, 5) is 15.5. The summed E-state index contributed by atoms with van der Waals surface area (Å²) in [5.41, 5.74) is 0.133. The van der Waals surface area contributed by atoms with Gasteiger partial charge in [-0.2, -0.15) is 4.98 Å². The van der Waals surface area contributed by atoms with Gasteiger partial charge in [0.2, 0.25) is 11.7 Å². The topological polar surface area (TPSA) is 85.5 Å². The lowest BCUT2D eigenvalue weighted by Crippen LogP contribution is -2.05. The highest BCUT2D eigenvalue weighted by atomic mass is 16.5. The van der Waals surface area contributed by atoms with Crippen molar-refractivity contribution in [1.82, 2.24) is 10.1 Å². The van der Waals surface area contributed by atoms with Crippen LogP contribution in [-0.4, -0.2) is 21.2 Å². The first-order valence-corrected chi connectivity index (χ1v) is 6.32. The minimum absolute atomic E-state index is 0.0515. The Labute approximate surface area is 120 Å². The quantitative estimate of drug-likeness (QED) is 0.792. The number of nitrogens with zero attached hydrogens (tertiary/aromatic N) is 2. The third-order valence-electron chi connectivity index (χ3n) is 3.03. The Morgan fingerprint density at radius 2 is 2.10 bits per heavy atom. The van der Waals surface area contributed by atoms with Crippen molar-refractivity contribution in [3.63, 3.8) is 0 Å². The lowest BCUT2D eigenvalue weighted by Gasteiger charge is -2.10. The largest absolute Gasteiger partial charge is 0.485 e. The van der Waals surface area contributed by atoms with Gasteiger partial charge in [-0.15, -0.1) is 0 Å². The van der Waals surface area contributed by atoms with Gasteiger partial charge >= 0.3 is 5.97 Å². The number of benzene rings is 2. The fourth-order valence-corrected chi connectivity index (χ4v) is 2.13. The van der Waals surface area contributed by atoms with Crippen LogP contribution < -0.4 is 4.74 Å². The maximum absolute atomic E-state index is 11.5. The first-order valence-electron chi connectivity index (χ1n) is 6.32. The third kappa shape index (κ3) is 2.55. The van der Waals surface area contributed by atoms with E-state index in [1.165, 1.54) is 0 Å². The summed E-state index contributed by atoms with van der Waals surface area (Å²) in [5, 5.41) is 14.6. The molecule has 0 saturated carbocycles. The predicted molar refractivity (Wildman–Crippen MR) is 74.3 cm³/mol. The van der Waals surface area contributed by atoms with Crippen molar-refractivity contribution in [1.29, 1.82) is 0 Å². The van der Waals surface area contributed by atoms with Crippen LogP contribution in [0.3, 0.4) is 0 Å². The van der Waals surface area contributed by atoms with Gasteiger partial charge in [0.1, 0.15) is 11.3 Å². The molecule has 0 spiro atoms. The van der Waals surface area contributed by atoms with Crippen LogP contribution in [-0.2, 0) is 6.61 Å². The van der Waals surface area contributed by atoms with Crippen LogP contribution in [0.4, 0.5) is 0 Å². The van der Waals surface area contributed by atoms with Crippen molar-refractivity contribution in [3.05, 3.63) is 53.7 Å². The number of aromatic carboxylic acids is 1. The van der Waals surface area contributed by atoms with Crippen LogP contribution in [0.25, 0.3) is 10.8 Å². The second kappa shape index (κ2) is 5.24. The lowest BCUT2D eigenvalue weighted by atomic mass is 10.0. The summed E-state index contributed by atoms with van der Waals surface area (Å²) in [7, 11) is 0. The molecule has 3 aromatic rings. The highest BCUT2D eigenvalue weighted by Gasteiger charge is 2.16. The molecular weight excluding hydrogens is 272 g/mol. The Morgan fingerprint density at radius 1 is 1.29 bits per heavy atom.